The molecule has 16 heavy (non-hydrogen) atoms. The Kier molecular flexibility index (Phi) is 5.73. The van der Waals surface area contributed by atoms with Crippen LogP contribution < -0.4 is 5.73 Å². The van der Waals surface area contributed by atoms with E-state index >= 15 is 0 Å². The molecule has 3 heteroatoms. The maximum atomic E-state index is 6.24. The Morgan fingerprint density at radius 2 is 1.88 bits per heavy atom. The molecule has 3 nitrogen and oxygen atoms in total. The van der Waals surface area contributed by atoms with Gasteiger partial charge in [0.2, 0.25) is 0 Å². The van der Waals surface area contributed by atoms with Crippen molar-refractivity contribution >= 4 is 0 Å². The molecule has 1 rings (SSSR count). The predicted octanol–water partition coefficient (Wildman–Crippen LogP) is 2.68. The van der Waals surface area contributed by atoms with E-state index in [-0.39, 0.29) is 11.7 Å². The van der Waals surface area contributed by atoms with Gasteiger partial charge >= 0.3 is 0 Å². The fourth-order valence-electron chi connectivity index (χ4n) is 2.60. The van der Waals surface area contributed by atoms with Crippen molar-refractivity contribution in [3.05, 3.63) is 0 Å². The van der Waals surface area contributed by atoms with Crippen LogP contribution in [0.3, 0.4) is 0 Å². The lowest BCUT2D eigenvalue weighted by Crippen LogP contribution is -2.44. The van der Waals surface area contributed by atoms with Crippen molar-refractivity contribution < 1.29 is 9.47 Å². The normalized spacial score (nSPS) is 30.9. The van der Waals surface area contributed by atoms with Gasteiger partial charge < -0.3 is 15.2 Å². The van der Waals surface area contributed by atoms with Gasteiger partial charge in [-0.05, 0) is 32.1 Å². The van der Waals surface area contributed by atoms with Gasteiger partial charge in [0, 0.05) is 25.7 Å². The molecule has 1 fully saturated rings. The highest BCUT2D eigenvalue weighted by Gasteiger charge is 2.36. The lowest BCUT2D eigenvalue weighted by atomic mass is 9.70. The van der Waals surface area contributed by atoms with E-state index in [2.05, 4.69) is 6.92 Å². The highest BCUT2D eigenvalue weighted by Crippen LogP contribution is 2.39. The Labute approximate surface area is 99.7 Å². The molecule has 0 aromatic heterocycles. The van der Waals surface area contributed by atoms with Gasteiger partial charge in [0.15, 0.2) is 6.29 Å². The van der Waals surface area contributed by atoms with Crippen LogP contribution in [0.5, 0.6) is 0 Å². The molecule has 1 aliphatic carbocycles. The first-order valence-electron chi connectivity index (χ1n) is 6.61. The van der Waals surface area contributed by atoms with Crippen molar-refractivity contribution in [2.75, 3.05) is 13.2 Å². The number of hydrogen-bond acceptors (Lipinski definition) is 3. The smallest absolute Gasteiger partial charge is 0.158 e. The maximum Gasteiger partial charge on any atom is 0.158 e. The third-order valence-electron chi connectivity index (χ3n) is 3.75. The molecule has 0 aromatic rings. The van der Waals surface area contributed by atoms with Gasteiger partial charge in [-0.25, -0.2) is 0 Å². The van der Waals surface area contributed by atoms with Crippen LogP contribution in [0.25, 0.3) is 0 Å². The summed E-state index contributed by atoms with van der Waals surface area (Å²) < 4.78 is 11.2. The van der Waals surface area contributed by atoms with E-state index in [1.165, 1.54) is 19.3 Å². The molecule has 0 aromatic carbocycles. The third kappa shape index (κ3) is 3.72. The molecule has 1 saturated carbocycles. The van der Waals surface area contributed by atoms with Crippen LogP contribution in [0.4, 0.5) is 0 Å². The lowest BCUT2D eigenvalue weighted by molar-refractivity contribution is -0.158. The Morgan fingerprint density at radius 3 is 2.38 bits per heavy atom. The summed E-state index contributed by atoms with van der Waals surface area (Å²) in [4.78, 5) is 0. The Morgan fingerprint density at radius 1 is 1.25 bits per heavy atom. The van der Waals surface area contributed by atoms with E-state index < -0.39 is 0 Å². The molecule has 0 saturated heterocycles. The van der Waals surface area contributed by atoms with E-state index in [1.54, 1.807) is 0 Å². The third-order valence-corrected chi connectivity index (χ3v) is 3.75. The van der Waals surface area contributed by atoms with E-state index in [4.69, 9.17) is 15.2 Å². The van der Waals surface area contributed by atoms with Crippen LogP contribution in [-0.2, 0) is 9.47 Å². The van der Waals surface area contributed by atoms with Crippen LogP contribution in [0.1, 0.15) is 52.9 Å². The first kappa shape index (κ1) is 13.9. The summed E-state index contributed by atoms with van der Waals surface area (Å²) in [6.07, 6.45) is 5.74. The van der Waals surface area contributed by atoms with E-state index in [0.29, 0.717) is 19.3 Å². The second-order valence-electron chi connectivity index (χ2n) is 5.05. The number of ether oxygens (including phenoxy) is 2. The summed E-state index contributed by atoms with van der Waals surface area (Å²) in [7, 11) is 0. The van der Waals surface area contributed by atoms with Gasteiger partial charge in [-0.3, -0.25) is 0 Å². The van der Waals surface area contributed by atoms with Crippen molar-refractivity contribution in [3.63, 3.8) is 0 Å². The molecule has 0 aliphatic heterocycles. The fourth-order valence-corrected chi connectivity index (χ4v) is 2.60. The molecule has 0 heterocycles. The van der Waals surface area contributed by atoms with Crippen LogP contribution in [0, 0.1) is 5.41 Å². The average molecular weight is 229 g/mol. The fraction of sp³-hybridized carbons (Fsp3) is 1.00. The van der Waals surface area contributed by atoms with Crippen LogP contribution >= 0.6 is 0 Å². The van der Waals surface area contributed by atoms with Gasteiger partial charge in [-0.15, -0.1) is 0 Å². The molecular weight excluding hydrogens is 202 g/mol. The van der Waals surface area contributed by atoms with E-state index in [0.717, 1.165) is 12.8 Å². The molecule has 96 valence electrons. The second-order valence-corrected chi connectivity index (χ2v) is 5.05. The predicted molar refractivity (Wildman–Crippen MR) is 66.2 cm³/mol. The van der Waals surface area contributed by atoms with Crippen molar-refractivity contribution in [1.82, 2.24) is 0 Å². The molecule has 0 radical (unpaired) electrons. The van der Waals surface area contributed by atoms with Gasteiger partial charge in [0.05, 0.1) is 0 Å². The van der Waals surface area contributed by atoms with E-state index in [9.17, 15) is 0 Å². The highest BCUT2D eigenvalue weighted by molar-refractivity contribution is 4.89. The molecule has 1 aliphatic rings. The van der Waals surface area contributed by atoms with Gasteiger partial charge in [0.1, 0.15) is 0 Å². The monoisotopic (exact) mass is 229 g/mol. The zero-order valence-corrected chi connectivity index (χ0v) is 11.0. The van der Waals surface area contributed by atoms with Crippen molar-refractivity contribution in [2.45, 2.75) is 65.2 Å². The zero-order valence-electron chi connectivity index (χ0n) is 11.0. The largest absolute Gasteiger partial charge is 0.353 e. The molecular formula is C13H27NO2. The first-order valence-corrected chi connectivity index (χ1v) is 6.61. The summed E-state index contributed by atoms with van der Waals surface area (Å²) in [5.74, 6) is 0. The second kappa shape index (κ2) is 6.58. The minimum atomic E-state index is -0.0795. The minimum absolute atomic E-state index is 0.0795. The zero-order chi connectivity index (χ0) is 12.0. The topological polar surface area (TPSA) is 44.5 Å². The lowest BCUT2D eigenvalue weighted by Gasteiger charge is -2.41. The number of nitrogens with two attached hydrogens (primary N) is 1. The van der Waals surface area contributed by atoms with Crippen LogP contribution in [-0.4, -0.2) is 25.5 Å². The number of hydrogen-bond donors (Lipinski definition) is 1. The minimum Gasteiger partial charge on any atom is -0.353 e. The van der Waals surface area contributed by atoms with Gasteiger partial charge in [-0.1, -0.05) is 19.8 Å². The van der Waals surface area contributed by atoms with Gasteiger partial charge in [0.25, 0.3) is 0 Å². The Hall–Kier alpha value is -0.120. The van der Waals surface area contributed by atoms with Crippen LogP contribution in [0.15, 0.2) is 0 Å². The maximum absolute atomic E-state index is 6.24. The summed E-state index contributed by atoms with van der Waals surface area (Å²) in [5, 5.41) is 0. The quantitative estimate of drug-likeness (QED) is 0.712. The van der Waals surface area contributed by atoms with Crippen molar-refractivity contribution in [3.8, 4) is 0 Å². The molecule has 0 bridgehead atoms. The van der Waals surface area contributed by atoms with Gasteiger partial charge in [-0.2, -0.15) is 0 Å². The summed E-state index contributed by atoms with van der Waals surface area (Å²) >= 11 is 0. The number of rotatable bonds is 6. The SMILES string of the molecule is CCOC(CC1(C)CCCCC1N)OCC. The highest BCUT2D eigenvalue weighted by atomic mass is 16.7. The Balaban J connectivity index is 2.52. The summed E-state index contributed by atoms with van der Waals surface area (Å²) in [6.45, 7) is 7.71. The van der Waals surface area contributed by atoms with Crippen molar-refractivity contribution in [2.24, 2.45) is 11.1 Å². The molecule has 2 atom stereocenters. The molecule has 0 amide bonds. The van der Waals surface area contributed by atoms with Crippen molar-refractivity contribution in [1.29, 1.82) is 0 Å². The molecule has 0 spiro atoms. The average Bonchev–Trinajstić information content (AvgIpc) is 2.23. The summed E-state index contributed by atoms with van der Waals surface area (Å²) in [6, 6.07) is 0.296. The molecule has 2 N–H and O–H groups in total. The molecule has 2 unspecified atom stereocenters. The van der Waals surface area contributed by atoms with E-state index in [1.807, 2.05) is 13.8 Å². The summed E-state index contributed by atoms with van der Waals surface area (Å²) in [5.41, 5.74) is 6.43. The standard InChI is InChI=1S/C13H27NO2/c1-4-15-12(16-5-2)10-13(3)9-7-6-8-11(13)14/h11-12H,4-10,14H2,1-3H3. The first-order chi connectivity index (χ1) is 7.62. The Bertz CT molecular complexity index is 192. The van der Waals surface area contributed by atoms with Crippen LogP contribution in [0.2, 0.25) is 0 Å².